The average Bonchev–Trinajstić information content (AvgIpc) is 1.87. The maximum atomic E-state index is 4.21. The van der Waals surface area contributed by atoms with Crippen LogP contribution in [0.15, 0.2) is 11.6 Å². The van der Waals surface area contributed by atoms with Gasteiger partial charge in [0.2, 0.25) is 0 Å². The van der Waals surface area contributed by atoms with Gasteiger partial charge in [-0.15, -0.1) is 0 Å². The third-order valence-electron chi connectivity index (χ3n) is 1.83. The molecular weight excluding hydrogens is 152 g/mol. The van der Waals surface area contributed by atoms with Crippen LogP contribution in [-0.2, 0) is 0 Å². The van der Waals surface area contributed by atoms with Gasteiger partial charge in [0.1, 0.15) is 0 Å². The van der Waals surface area contributed by atoms with Crippen LogP contribution in [0.2, 0.25) is 0 Å². The van der Waals surface area contributed by atoms with Crippen LogP contribution in [0.1, 0.15) is 40.0 Å². The van der Waals surface area contributed by atoms with Crippen LogP contribution in [0.5, 0.6) is 0 Å². The first-order chi connectivity index (χ1) is 5.16. The second kappa shape index (κ2) is 6.78. The number of allylic oxidation sites excluding steroid dienone is 2. The first kappa shape index (κ1) is 11.1. The minimum absolute atomic E-state index is 0.836. The third-order valence-corrected chi connectivity index (χ3v) is 2.09. The summed E-state index contributed by atoms with van der Waals surface area (Å²) in [4.78, 5) is 0. The van der Waals surface area contributed by atoms with Gasteiger partial charge in [-0.05, 0) is 44.8 Å². The highest BCUT2D eigenvalue weighted by Crippen LogP contribution is 2.11. The molecule has 0 bridgehead atoms. The van der Waals surface area contributed by atoms with E-state index in [0.29, 0.717) is 0 Å². The molecule has 0 saturated heterocycles. The Bertz CT molecular complexity index is 112. The lowest BCUT2D eigenvalue weighted by molar-refractivity contribution is 0.526. The smallest absolute Gasteiger partial charge is 0.00954 e. The molecule has 0 unspecified atom stereocenters. The van der Waals surface area contributed by atoms with Crippen LogP contribution in [0.4, 0.5) is 0 Å². The first-order valence-corrected chi connectivity index (χ1v) is 5.04. The maximum Gasteiger partial charge on any atom is -0.00954 e. The predicted octanol–water partition coefficient (Wildman–Crippen LogP) is 3.69. The van der Waals surface area contributed by atoms with Crippen LogP contribution in [0.3, 0.4) is 0 Å². The summed E-state index contributed by atoms with van der Waals surface area (Å²) in [5, 5.41) is 0. The van der Waals surface area contributed by atoms with Crippen LogP contribution in [0.25, 0.3) is 0 Å². The van der Waals surface area contributed by atoms with Crippen molar-refractivity contribution in [2.24, 2.45) is 5.92 Å². The third kappa shape index (κ3) is 7.99. The van der Waals surface area contributed by atoms with Crippen molar-refractivity contribution >= 4 is 12.6 Å². The van der Waals surface area contributed by atoms with Crippen molar-refractivity contribution < 1.29 is 0 Å². The van der Waals surface area contributed by atoms with E-state index >= 15 is 0 Å². The lowest BCUT2D eigenvalue weighted by Crippen LogP contribution is -1.94. The van der Waals surface area contributed by atoms with Crippen LogP contribution in [-0.4, -0.2) is 5.75 Å². The average molecular weight is 172 g/mol. The van der Waals surface area contributed by atoms with Crippen molar-refractivity contribution in [1.29, 1.82) is 0 Å². The summed E-state index contributed by atoms with van der Waals surface area (Å²) in [6.45, 7) is 6.61. The molecule has 0 spiro atoms. The van der Waals surface area contributed by atoms with Crippen LogP contribution >= 0.6 is 12.6 Å². The molecule has 0 aromatic carbocycles. The monoisotopic (exact) mass is 172 g/mol. The Morgan fingerprint density at radius 1 is 1.36 bits per heavy atom. The minimum Gasteiger partial charge on any atom is -0.179 e. The second-order valence-electron chi connectivity index (χ2n) is 3.48. The maximum absolute atomic E-state index is 4.21. The van der Waals surface area contributed by atoms with E-state index in [4.69, 9.17) is 0 Å². The van der Waals surface area contributed by atoms with Crippen molar-refractivity contribution in [1.82, 2.24) is 0 Å². The molecule has 0 N–H and O–H groups in total. The molecular formula is C10H20S. The number of hydrogen-bond acceptors (Lipinski definition) is 1. The van der Waals surface area contributed by atoms with Gasteiger partial charge in [-0.2, -0.15) is 12.6 Å². The highest BCUT2D eigenvalue weighted by molar-refractivity contribution is 7.80. The van der Waals surface area contributed by atoms with E-state index in [1.807, 2.05) is 0 Å². The van der Waals surface area contributed by atoms with Crippen molar-refractivity contribution in [3.8, 4) is 0 Å². The normalized spacial score (nSPS) is 12.7. The Hall–Kier alpha value is 0.0900. The number of rotatable bonds is 5. The van der Waals surface area contributed by atoms with Gasteiger partial charge < -0.3 is 0 Å². The summed E-state index contributed by atoms with van der Waals surface area (Å²) in [6, 6.07) is 0. The lowest BCUT2D eigenvalue weighted by Gasteiger charge is -2.06. The zero-order chi connectivity index (χ0) is 8.69. The van der Waals surface area contributed by atoms with Gasteiger partial charge in [0.15, 0.2) is 0 Å². The van der Waals surface area contributed by atoms with Crippen molar-refractivity contribution in [3.63, 3.8) is 0 Å². The van der Waals surface area contributed by atoms with E-state index in [9.17, 15) is 0 Å². The summed E-state index contributed by atoms with van der Waals surface area (Å²) in [6.07, 6.45) is 6.11. The van der Waals surface area contributed by atoms with E-state index in [1.165, 1.54) is 24.8 Å². The Morgan fingerprint density at radius 3 is 2.45 bits per heavy atom. The molecule has 0 aromatic heterocycles. The highest BCUT2D eigenvalue weighted by atomic mass is 32.1. The standard InChI is InChI=1S/C10H20S/c1-9(2)5-4-6-10(3)7-8-11/h5,10-11H,4,6-8H2,1-3H3/t10-/m0/s1. The summed E-state index contributed by atoms with van der Waals surface area (Å²) in [5.41, 5.74) is 1.43. The van der Waals surface area contributed by atoms with E-state index in [0.717, 1.165) is 11.7 Å². The lowest BCUT2D eigenvalue weighted by atomic mass is 10.0. The van der Waals surface area contributed by atoms with Gasteiger partial charge in [-0.3, -0.25) is 0 Å². The Morgan fingerprint density at radius 2 is 2.00 bits per heavy atom. The molecule has 0 nitrogen and oxygen atoms in total. The van der Waals surface area contributed by atoms with Crippen molar-refractivity contribution in [2.75, 3.05) is 5.75 Å². The summed E-state index contributed by atoms with van der Waals surface area (Å²) in [5.74, 6) is 1.86. The Balaban J connectivity index is 3.31. The molecule has 0 aliphatic rings. The topological polar surface area (TPSA) is 0 Å². The predicted molar refractivity (Wildman–Crippen MR) is 56.3 cm³/mol. The molecule has 0 aliphatic carbocycles. The SMILES string of the molecule is CC(C)=CCC[C@H](C)CCS. The zero-order valence-electron chi connectivity index (χ0n) is 7.93. The number of thiol groups is 1. The fraction of sp³-hybridized carbons (Fsp3) is 0.800. The van der Waals surface area contributed by atoms with Gasteiger partial charge in [0.25, 0.3) is 0 Å². The molecule has 1 heteroatoms. The van der Waals surface area contributed by atoms with Crippen LogP contribution in [0, 0.1) is 5.92 Å². The Kier molecular flexibility index (Phi) is 6.83. The highest BCUT2D eigenvalue weighted by Gasteiger charge is 1.97. The second-order valence-corrected chi connectivity index (χ2v) is 3.92. The summed E-state index contributed by atoms with van der Waals surface area (Å²) >= 11 is 4.21. The molecule has 11 heavy (non-hydrogen) atoms. The molecule has 0 fully saturated rings. The van der Waals surface area contributed by atoms with E-state index in [1.54, 1.807) is 0 Å². The molecule has 0 aromatic rings. The summed E-state index contributed by atoms with van der Waals surface area (Å²) < 4.78 is 0. The zero-order valence-corrected chi connectivity index (χ0v) is 8.82. The van der Waals surface area contributed by atoms with E-state index < -0.39 is 0 Å². The van der Waals surface area contributed by atoms with Crippen molar-refractivity contribution in [3.05, 3.63) is 11.6 Å². The molecule has 0 aliphatic heterocycles. The van der Waals surface area contributed by atoms with E-state index in [2.05, 4.69) is 39.5 Å². The molecule has 0 saturated carbocycles. The minimum atomic E-state index is 0.836. The molecule has 1 atom stereocenters. The largest absolute Gasteiger partial charge is 0.179 e. The molecule has 0 heterocycles. The van der Waals surface area contributed by atoms with Crippen molar-refractivity contribution in [2.45, 2.75) is 40.0 Å². The van der Waals surface area contributed by atoms with Gasteiger partial charge in [0.05, 0.1) is 0 Å². The quantitative estimate of drug-likeness (QED) is 0.474. The van der Waals surface area contributed by atoms with Gasteiger partial charge >= 0.3 is 0 Å². The number of hydrogen-bond donors (Lipinski definition) is 1. The molecule has 0 amide bonds. The fourth-order valence-electron chi connectivity index (χ4n) is 1.02. The van der Waals surface area contributed by atoms with Gasteiger partial charge in [0, 0.05) is 0 Å². The van der Waals surface area contributed by atoms with Gasteiger partial charge in [-0.1, -0.05) is 18.6 Å². The summed E-state index contributed by atoms with van der Waals surface area (Å²) in [7, 11) is 0. The molecule has 0 rings (SSSR count). The Labute approximate surface area is 76.5 Å². The van der Waals surface area contributed by atoms with Crippen LogP contribution < -0.4 is 0 Å². The molecule has 66 valence electrons. The molecule has 0 radical (unpaired) electrons. The first-order valence-electron chi connectivity index (χ1n) is 4.41. The fourth-order valence-corrected chi connectivity index (χ4v) is 1.46. The van der Waals surface area contributed by atoms with E-state index in [-0.39, 0.29) is 0 Å². The van der Waals surface area contributed by atoms with Gasteiger partial charge in [-0.25, -0.2) is 0 Å².